The average molecular weight is 309 g/mol. The topological polar surface area (TPSA) is 129 Å². The second-order valence-corrected chi connectivity index (χ2v) is 5.81. The normalized spacial score (nSPS) is 11.0. The predicted octanol–water partition coefficient (Wildman–Crippen LogP) is 0.198. The van der Waals surface area contributed by atoms with Crippen molar-refractivity contribution in [2.45, 2.75) is 11.3 Å². The smallest absolute Gasteiger partial charge is 0.307 e. The molecule has 0 saturated carbocycles. The molecule has 21 heavy (non-hydrogen) atoms. The minimum absolute atomic E-state index is 0.0239. The van der Waals surface area contributed by atoms with Gasteiger partial charge in [-0.05, 0) is 23.8 Å². The fraction of sp³-hybridized carbons (Fsp3) is 0.0833. The summed E-state index contributed by atoms with van der Waals surface area (Å²) in [5.74, 6) is -1.02. The first-order valence-electron chi connectivity index (χ1n) is 5.76. The molecule has 9 heteroatoms. The Bertz CT molecular complexity index is 791. The number of benzene rings is 1. The highest BCUT2D eigenvalue weighted by atomic mass is 32.2. The maximum absolute atomic E-state index is 12.1. The molecule has 2 aromatic rings. The Morgan fingerprint density at radius 2 is 1.86 bits per heavy atom. The Morgan fingerprint density at radius 3 is 2.38 bits per heavy atom. The summed E-state index contributed by atoms with van der Waals surface area (Å²) in [6.45, 7) is 0. The van der Waals surface area contributed by atoms with Crippen molar-refractivity contribution in [3.63, 3.8) is 0 Å². The standard InChI is InChI=1S/C12H11N3O5S/c16-11-6-5-10(13-14-11)15-21(19,20)9-3-1-8(2-4-9)7-12(17)18/h1-6H,7H2,(H,13,15)(H,14,16)(H,17,18). The number of aromatic amines is 1. The number of rotatable bonds is 5. The van der Waals surface area contributed by atoms with E-state index in [1.165, 1.54) is 30.3 Å². The van der Waals surface area contributed by atoms with E-state index in [9.17, 15) is 18.0 Å². The molecule has 2 rings (SSSR count). The second-order valence-electron chi connectivity index (χ2n) is 4.13. The molecule has 0 radical (unpaired) electrons. The van der Waals surface area contributed by atoms with Gasteiger partial charge in [0.25, 0.3) is 15.6 Å². The lowest BCUT2D eigenvalue weighted by molar-refractivity contribution is -0.136. The molecule has 1 aromatic carbocycles. The van der Waals surface area contributed by atoms with Crippen molar-refractivity contribution >= 4 is 21.8 Å². The number of hydrogen-bond donors (Lipinski definition) is 3. The third-order valence-corrected chi connectivity index (χ3v) is 3.88. The van der Waals surface area contributed by atoms with E-state index in [1.807, 2.05) is 0 Å². The largest absolute Gasteiger partial charge is 0.481 e. The summed E-state index contributed by atoms with van der Waals surface area (Å²) in [5, 5.41) is 14.3. The van der Waals surface area contributed by atoms with E-state index < -0.39 is 21.6 Å². The van der Waals surface area contributed by atoms with Crippen molar-refractivity contribution in [3.8, 4) is 0 Å². The lowest BCUT2D eigenvalue weighted by Gasteiger charge is -2.07. The third-order valence-electron chi connectivity index (χ3n) is 2.51. The number of nitrogens with one attached hydrogen (secondary N) is 2. The van der Waals surface area contributed by atoms with Crippen molar-refractivity contribution in [3.05, 3.63) is 52.3 Å². The Balaban J connectivity index is 2.21. The molecule has 1 heterocycles. The molecule has 0 aliphatic rings. The number of aliphatic carboxylic acids is 1. The maximum Gasteiger partial charge on any atom is 0.307 e. The molecule has 0 aliphatic carbocycles. The van der Waals surface area contributed by atoms with Crippen LogP contribution in [-0.4, -0.2) is 29.7 Å². The van der Waals surface area contributed by atoms with Crippen LogP contribution in [0.3, 0.4) is 0 Å². The van der Waals surface area contributed by atoms with Crippen LogP contribution in [0.4, 0.5) is 5.82 Å². The van der Waals surface area contributed by atoms with E-state index in [-0.39, 0.29) is 17.1 Å². The number of anilines is 1. The first-order chi connectivity index (χ1) is 9.87. The number of carboxylic acids is 1. The zero-order valence-electron chi connectivity index (χ0n) is 10.6. The van der Waals surface area contributed by atoms with E-state index in [0.29, 0.717) is 5.56 Å². The molecule has 0 bridgehead atoms. The molecular weight excluding hydrogens is 298 g/mol. The molecule has 1 aromatic heterocycles. The van der Waals surface area contributed by atoms with Crippen molar-refractivity contribution in [2.24, 2.45) is 0 Å². The monoisotopic (exact) mass is 309 g/mol. The Kier molecular flexibility index (Phi) is 4.03. The number of hydrogen-bond acceptors (Lipinski definition) is 5. The van der Waals surface area contributed by atoms with Crippen LogP contribution in [0.1, 0.15) is 5.56 Å². The van der Waals surface area contributed by atoms with Gasteiger partial charge in [0.05, 0.1) is 11.3 Å². The number of sulfonamides is 1. The molecule has 0 fully saturated rings. The van der Waals surface area contributed by atoms with Crippen molar-refractivity contribution in [1.82, 2.24) is 10.2 Å². The van der Waals surface area contributed by atoms with Crippen LogP contribution in [-0.2, 0) is 21.2 Å². The molecule has 0 amide bonds. The van der Waals surface area contributed by atoms with Gasteiger partial charge in [-0.15, -0.1) is 0 Å². The summed E-state index contributed by atoms with van der Waals surface area (Å²) in [5.41, 5.74) is 0.0413. The zero-order valence-corrected chi connectivity index (χ0v) is 11.4. The maximum atomic E-state index is 12.1. The van der Waals surface area contributed by atoms with Crippen molar-refractivity contribution in [1.29, 1.82) is 0 Å². The molecule has 0 spiro atoms. The van der Waals surface area contributed by atoms with Gasteiger partial charge in [0.15, 0.2) is 5.82 Å². The molecule has 0 unspecified atom stereocenters. The van der Waals surface area contributed by atoms with Crippen molar-refractivity contribution in [2.75, 3.05) is 4.72 Å². The van der Waals surface area contributed by atoms with E-state index >= 15 is 0 Å². The van der Waals surface area contributed by atoms with Gasteiger partial charge in [-0.1, -0.05) is 12.1 Å². The van der Waals surface area contributed by atoms with Crippen LogP contribution >= 0.6 is 0 Å². The Hall–Kier alpha value is -2.68. The summed E-state index contributed by atoms with van der Waals surface area (Å²) in [4.78, 5) is 21.4. The van der Waals surface area contributed by atoms with Gasteiger partial charge in [-0.3, -0.25) is 14.3 Å². The van der Waals surface area contributed by atoms with Gasteiger partial charge in [-0.2, -0.15) is 5.10 Å². The first kappa shape index (κ1) is 14.7. The van der Waals surface area contributed by atoms with Crippen LogP contribution in [0.25, 0.3) is 0 Å². The summed E-state index contributed by atoms with van der Waals surface area (Å²) in [6.07, 6.45) is -0.185. The minimum Gasteiger partial charge on any atom is -0.481 e. The number of H-pyrrole nitrogens is 1. The quantitative estimate of drug-likeness (QED) is 0.723. The van der Waals surface area contributed by atoms with E-state index in [1.54, 1.807) is 0 Å². The van der Waals surface area contributed by atoms with Gasteiger partial charge < -0.3 is 5.11 Å². The third kappa shape index (κ3) is 3.89. The molecule has 110 valence electrons. The van der Waals surface area contributed by atoms with Gasteiger partial charge in [-0.25, -0.2) is 13.5 Å². The summed E-state index contributed by atoms with van der Waals surface area (Å²) in [6, 6.07) is 7.81. The van der Waals surface area contributed by atoms with E-state index in [0.717, 1.165) is 6.07 Å². The number of aromatic nitrogens is 2. The highest BCUT2D eigenvalue weighted by molar-refractivity contribution is 7.92. The lowest BCUT2D eigenvalue weighted by atomic mass is 10.2. The molecule has 0 atom stereocenters. The van der Waals surface area contributed by atoms with Crippen LogP contribution in [0.2, 0.25) is 0 Å². The first-order valence-corrected chi connectivity index (χ1v) is 7.24. The van der Waals surface area contributed by atoms with E-state index in [2.05, 4.69) is 14.9 Å². The molecule has 0 saturated heterocycles. The number of nitrogens with zero attached hydrogens (tertiary/aromatic N) is 1. The number of carbonyl (C=O) groups is 1. The van der Waals surface area contributed by atoms with E-state index in [4.69, 9.17) is 5.11 Å². The lowest BCUT2D eigenvalue weighted by Crippen LogP contribution is -2.16. The van der Waals surface area contributed by atoms with Crippen LogP contribution in [0.15, 0.2) is 46.1 Å². The van der Waals surface area contributed by atoms with Crippen LogP contribution in [0.5, 0.6) is 0 Å². The summed E-state index contributed by atoms with van der Waals surface area (Å²) >= 11 is 0. The van der Waals surface area contributed by atoms with Gasteiger partial charge >= 0.3 is 5.97 Å². The SMILES string of the molecule is O=C(O)Cc1ccc(S(=O)(=O)Nc2ccc(=O)[nH]n2)cc1. The highest BCUT2D eigenvalue weighted by Crippen LogP contribution is 2.14. The average Bonchev–Trinajstić information content (AvgIpc) is 2.41. The molecule has 0 aliphatic heterocycles. The van der Waals surface area contributed by atoms with Gasteiger partial charge in [0, 0.05) is 6.07 Å². The molecule has 8 nitrogen and oxygen atoms in total. The van der Waals surface area contributed by atoms with Crippen molar-refractivity contribution < 1.29 is 18.3 Å². The number of carboxylic acid groups (broad SMARTS) is 1. The molecule has 3 N–H and O–H groups in total. The Labute approximate surface area is 119 Å². The zero-order chi connectivity index (χ0) is 15.5. The summed E-state index contributed by atoms with van der Waals surface area (Å²) < 4.78 is 26.3. The Morgan fingerprint density at radius 1 is 1.19 bits per heavy atom. The molecular formula is C12H11N3O5S. The fourth-order valence-corrected chi connectivity index (χ4v) is 2.56. The summed E-state index contributed by atoms with van der Waals surface area (Å²) in [7, 11) is -3.85. The van der Waals surface area contributed by atoms with Gasteiger partial charge in [0.2, 0.25) is 0 Å². The highest BCUT2D eigenvalue weighted by Gasteiger charge is 2.15. The second kappa shape index (κ2) is 5.75. The van der Waals surface area contributed by atoms with Crippen LogP contribution in [0, 0.1) is 0 Å². The minimum atomic E-state index is -3.85. The fourth-order valence-electron chi connectivity index (χ4n) is 1.56. The predicted molar refractivity (Wildman–Crippen MR) is 73.4 cm³/mol. The van der Waals surface area contributed by atoms with Crippen LogP contribution < -0.4 is 10.3 Å². The van der Waals surface area contributed by atoms with Gasteiger partial charge in [0.1, 0.15) is 0 Å².